The number of fused-ring (bicyclic) bond motifs is 1. The summed E-state index contributed by atoms with van der Waals surface area (Å²) in [6, 6.07) is 4.01. The highest BCUT2D eigenvalue weighted by molar-refractivity contribution is 6.42. The lowest BCUT2D eigenvalue weighted by atomic mass is 9.79. The van der Waals surface area contributed by atoms with Gasteiger partial charge in [-0.25, -0.2) is 4.98 Å². The minimum absolute atomic E-state index is 0.118. The number of aromatic nitrogens is 2. The van der Waals surface area contributed by atoms with Crippen molar-refractivity contribution in [3.8, 4) is 0 Å². The molecule has 0 fully saturated rings. The molecule has 1 aliphatic carbocycles. The second-order valence-electron chi connectivity index (χ2n) is 4.99. The molecule has 1 N–H and O–H groups in total. The maximum absolute atomic E-state index is 6.10. The molecular weight excluding hydrogens is 267 g/mol. The SMILES string of the molecule is CCC1(c2cnc[nH]2)Cc2cc(Cl)c(Cl)cc2C1. The average molecular weight is 281 g/mol. The van der Waals surface area contributed by atoms with Crippen molar-refractivity contribution in [3.05, 3.63) is 51.5 Å². The maximum Gasteiger partial charge on any atom is 0.0921 e. The number of imidazole rings is 1. The minimum Gasteiger partial charge on any atom is -0.348 e. The number of aromatic amines is 1. The van der Waals surface area contributed by atoms with Crippen molar-refractivity contribution in [2.24, 2.45) is 0 Å². The van der Waals surface area contributed by atoms with Gasteiger partial charge in [-0.1, -0.05) is 30.1 Å². The van der Waals surface area contributed by atoms with Gasteiger partial charge in [-0.3, -0.25) is 0 Å². The van der Waals surface area contributed by atoms with E-state index in [1.165, 1.54) is 16.8 Å². The molecule has 0 saturated heterocycles. The zero-order valence-electron chi connectivity index (χ0n) is 10.1. The van der Waals surface area contributed by atoms with Gasteiger partial charge < -0.3 is 4.98 Å². The Hall–Kier alpha value is -0.990. The minimum atomic E-state index is 0.118. The molecule has 0 spiro atoms. The first-order valence-corrected chi connectivity index (χ1v) is 6.86. The summed E-state index contributed by atoms with van der Waals surface area (Å²) in [4.78, 5) is 7.41. The Balaban J connectivity index is 2.05. The predicted molar refractivity (Wildman–Crippen MR) is 74.4 cm³/mol. The van der Waals surface area contributed by atoms with Crippen LogP contribution in [0.4, 0.5) is 0 Å². The van der Waals surface area contributed by atoms with Crippen LogP contribution in [0.15, 0.2) is 24.7 Å². The number of nitrogens with zero attached hydrogens (tertiary/aromatic N) is 1. The van der Waals surface area contributed by atoms with E-state index in [0.29, 0.717) is 10.0 Å². The van der Waals surface area contributed by atoms with Crippen molar-refractivity contribution in [1.29, 1.82) is 0 Å². The summed E-state index contributed by atoms with van der Waals surface area (Å²) in [5.41, 5.74) is 3.93. The summed E-state index contributed by atoms with van der Waals surface area (Å²) in [5.74, 6) is 0. The number of rotatable bonds is 2. The molecule has 0 saturated carbocycles. The zero-order chi connectivity index (χ0) is 12.8. The first-order chi connectivity index (χ1) is 8.64. The highest BCUT2D eigenvalue weighted by Crippen LogP contribution is 2.43. The smallest absolute Gasteiger partial charge is 0.0921 e. The molecule has 0 unspecified atom stereocenters. The Morgan fingerprint density at radius 3 is 2.28 bits per heavy atom. The second kappa shape index (κ2) is 4.29. The molecule has 0 atom stereocenters. The van der Waals surface area contributed by atoms with Crippen LogP contribution in [0.5, 0.6) is 0 Å². The van der Waals surface area contributed by atoms with Gasteiger partial charge in [-0.2, -0.15) is 0 Å². The first-order valence-electron chi connectivity index (χ1n) is 6.10. The van der Waals surface area contributed by atoms with Crippen molar-refractivity contribution in [2.45, 2.75) is 31.6 Å². The van der Waals surface area contributed by atoms with Crippen LogP contribution in [0, 0.1) is 0 Å². The maximum atomic E-state index is 6.10. The van der Waals surface area contributed by atoms with Crippen molar-refractivity contribution in [1.82, 2.24) is 9.97 Å². The lowest BCUT2D eigenvalue weighted by molar-refractivity contribution is 0.424. The topological polar surface area (TPSA) is 28.7 Å². The number of nitrogens with one attached hydrogen (secondary N) is 1. The molecular formula is C14H14Cl2N2. The number of H-pyrrole nitrogens is 1. The van der Waals surface area contributed by atoms with Crippen LogP contribution in [0.1, 0.15) is 30.2 Å². The third-order valence-corrected chi connectivity index (χ3v) is 4.77. The monoisotopic (exact) mass is 280 g/mol. The van der Waals surface area contributed by atoms with Gasteiger partial charge >= 0.3 is 0 Å². The molecule has 0 radical (unpaired) electrons. The van der Waals surface area contributed by atoms with E-state index in [1.54, 1.807) is 6.33 Å². The lowest BCUT2D eigenvalue weighted by Gasteiger charge is -2.25. The van der Waals surface area contributed by atoms with Crippen LogP contribution in [0.2, 0.25) is 10.0 Å². The normalized spacial score (nSPS) is 16.8. The Kier molecular flexibility index (Phi) is 2.87. The molecule has 0 bridgehead atoms. The van der Waals surface area contributed by atoms with Gasteiger partial charge in [-0.05, 0) is 42.5 Å². The van der Waals surface area contributed by atoms with E-state index < -0.39 is 0 Å². The van der Waals surface area contributed by atoms with Gasteiger partial charge in [0.1, 0.15) is 0 Å². The van der Waals surface area contributed by atoms with E-state index in [0.717, 1.165) is 19.3 Å². The Morgan fingerprint density at radius 1 is 1.22 bits per heavy atom. The Labute approximate surface area is 116 Å². The summed E-state index contributed by atoms with van der Waals surface area (Å²) < 4.78 is 0. The van der Waals surface area contributed by atoms with Crippen LogP contribution >= 0.6 is 23.2 Å². The van der Waals surface area contributed by atoms with E-state index >= 15 is 0 Å². The molecule has 0 amide bonds. The van der Waals surface area contributed by atoms with Gasteiger partial charge in [0.2, 0.25) is 0 Å². The van der Waals surface area contributed by atoms with Crippen LogP contribution in [0.3, 0.4) is 0 Å². The highest BCUT2D eigenvalue weighted by atomic mass is 35.5. The van der Waals surface area contributed by atoms with Crippen molar-refractivity contribution in [3.63, 3.8) is 0 Å². The molecule has 3 rings (SSSR count). The summed E-state index contributed by atoms with van der Waals surface area (Å²) >= 11 is 12.2. The average Bonchev–Trinajstić information content (AvgIpc) is 2.97. The standard InChI is InChI=1S/C14H14Cl2N2/c1-2-14(13-7-17-8-18-13)5-9-3-11(15)12(16)4-10(9)6-14/h3-4,7-8H,2,5-6H2,1H3,(H,17,18). The Bertz CT molecular complexity index is 545. The summed E-state index contributed by atoms with van der Waals surface area (Å²) in [6.07, 6.45) is 6.74. The predicted octanol–water partition coefficient (Wildman–Crippen LogP) is 4.16. The molecule has 0 aliphatic heterocycles. The molecule has 2 aromatic rings. The summed E-state index contributed by atoms with van der Waals surface area (Å²) in [7, 11) is 0. The van der Waals surface area contributed by atoms with Crippen LogP contribution in [-0.2, 0) is 18.3 Å². The van der Waals surface area contributed by atoms with Crippen LogP contribution < -0.4 is 0 Å². The van der Waals surface area contributed by atoms with Crippen molar-refractivity contribution in [2.75, 3.05) is 0 Å². The summed E-state index contributed by atoms with van der Waals surface area (Å²) in [5, 5.41) is 1.29. The Morgan fingerprint density at radius 2 is 1.83 bits per heavy atom. The van der Waals surface area contributed by atoms with Crippen molar-refractivity contribution < 1.29 is 0 Å². The second-order valence-corrected chi connectivity index (χ2v) is 5.80. The third kappa shape index (κ3) is 1.75. The quantitative estimate of drug-likeness (QED) is 0.879. The van der Waals surface area contributed by atoms with Gasteiger partial charge in [-0.15, -0.1) is 0 Å². The lowest BCUT2D eigenvalue weighted by Crippen LogP contribution is -2.26. The molecule has 94 valence electrons. The fourth-order valence-corrected chi connectivity index (χ4v) is 3.30. The van der Waals surface area contributed by atoms with Gasteiger partial charge in [0.25, 0.3) is 0 Å². The summed E-state index contributed by atoms with van der Waals surface area (Å²) in [6.45, 7) is 2.22. The molecule has 2 nitrogen and oxygen atoms in total. The van der Waals surface area contributed by atoms with E-state index in [1.807, 2.05) is 18.3 Å². The number of hydrogen-bond acceptors (Lipinski definition) is 1. The largest absolute Gasteiger partial charge is 0.348 e. The van der Waals surface area contributed by atoms with Crippen molar-refractivity contribution >= 4 is 23.2 Å². The first kappa shape index (κ1) is 12.1. The van der Waals surface area contributed by atoms with Gasteiger partial charge in [0.15, 0.2) is 0 Å². The van der Waals surface area contributed by atoms with E-state index in [4.69, 9.17) is 23.2 Å². The molecule has 1 aromatic carbocycles. The molecule has 18 heavy (non-hydrogen) atoms. The van der Waals surface area contributed by atoms with E-state index in [2.05, 4.69) is 16.9 Å². The molecule has 1 aromatic heterocycles. The van der Waals surface area contributed by atoms with E-state index in [-0.39, 0.29) is 5.41 Å². The third-order valence-electron chi connectivity index (χ3n) is 4.05. The number of hydrogen-bond donors (Lipinski definition) is 1. The molecule has 4 heteroatoms. The number of halogens is 2. The van der Waals surface area contributed by atoms with Gasteiger partial charge in [0, 0.05) is 17.3 Å². The number of benzene rings is 1. The van der Waals surface area contributed by atoms with Crippen LogP contribution in [0.25, 0.3) is 0 Å². The van der Waals surface area contributed by atoms with E-state index in [9.17, 15) is 0 Å². The molecule has 1 aliphatic rings. The molecule has 1 heterocycles. The fraction of sp³-hybridized carbons (Fsp3) is 0.357. The fourth-order valence-electron chi connectivity index (χ4n) is 2.93. The van der Waals surface area contributed by atoms with Crippen LogP contribution in [-0.4, -0.2) is 9.97 Å². The zero-order valence-corrected chi connectivity index (χ0v) is 11.6. The van der Waals surface area contributed by atoms with Gasteiger partial charge in [0.05, 0.1) is 16.4 Å². The highest BCUT2D eigenvalue weighted by Gasteiger charge is 2.38.